The van der Waals surface area contributed by atoms with Crippen molar-refractivity contribution < 1.29 is 32.9 Å². The molecular formula is Br2Cl2I2Mn3. The molecule has 0 N–H and O–H groups in total. The summed E-state index contributed by atoms with van der Waals surface area (Å²) in [5.41, 5.74) is 0. The molecular weight excluding hydrogens is 649 g/mol. The maximum atomic E-state index is 4.80. The molecule has 0 unspecified atom stereocenters. The molecule has 0 atom stereocenters. The molecule has 0 nitrogen and oxygen atoms in total. The molecule has 9 heavy (non-hydrogen) atoms. The second kappa shape index (κ2) is 29.4. The van der Waals surface area contributed by atoms with E-state index in [2.05, 4.69) is 68.9 Å². The first-order valence-electron chi connectivity index (χ1n) is 0.857. The van der Waals surface area contributed by atoms with E-state index in [4.69, 9.17) is 20.2 Å². The average molecular weight is 649 g/mol. The van der Waals surface area contributed by atoms with Crippen molar-refractivity contribution in [3.8, 4) is 0 Å². The maximum absolute atomic E-state index is 4.80. The fourth-order valence-corrected chi connectivity index (χ4v) is 0. The van der Waals surface area contributed by atoms with E-state index in [0.717, 1.165) is 8.46 Å². The average Bonchev–Trinajstić information content (AvgIpc) is 1.70. The molecule has 0 amide bonds. The molecule has 0 bridgehead atoms. The van der Waals surface area contributed by atoms with Gasteiger partial charge in [0.15, 0.2) is 0 Å². The Morgan fingerprint density at radius 3 is 1.11 bits per heavy atom. The topological polar surface area (TPSA) is 0 Å². The van der Waals surface area contributed by atoms with Gasteiger partial charge >= 0.3 is 122 Å². The Kier molecular flexibility index (Phi) is 62.6. The zero-order chi connectivity index (χ0) is 8.12. The van der Waals surface area contributed by atoms with Gasteiger partial charge in [-0.25, -0.2) is 0 Å². The molecule has 0 saturated carbocycles. The Hall–Kier alpha value is 4.56. The van der Waals surface area contributed by atoms with Crippen LogP contribution < -0.4 is 0 Å². The number of hydrogen-bond donors (Lipinski definition) is 0. The molecule has 0 heterocycles. The van der Waals surface area contributed by atoms with Crippen molar-refractivity contribution in [2.24, 2.45) is 0 Å². The van der Waals surface area contributed by atoms with Crippen molar-refractivity contribution in [3.05, 3.63) is 0 Å². The third kappa shape index (κ3) is 67.4. The van der Waals surface area contributed by atoms with Crippen molar-refractivity contribution in [1.29, 1.82) is 0 Å². The predicted molar refractivity (Wildman–Crippen MR) is 57.6 cm³/mol. The second-order valence-electron chi connectivity index (χ2n) is 0.162. The summed E-state index contributed by atoms with van der Waals surface area (Å²) in [6.07, 6.45) is 0. The summed E-state index contributed by atoms with van der Waals surface area (Å²) in [7, 11) is 10.6. The van der Waals surface area contributed by atoms with Gasteiger partial charge < -0.3 is 0 Å². The first-order valence-corrected chi connectivity index (χ1v) is 17.6. The van der Waals surface area contributed by atoms with Crippen molar-refractivity contribution in [3.63, 3.8) is 0 Å². The molecule has 0 spiro atoms. The van der Waals surface area contributed by atoms with E-state index in [1.807, 2.05) is 0 Å². The fourth-order valence-electron chi connectivity index (χ4n) is 0. The van der Waals surface area contributed by atoms with Crippen LogP contribution in [0.2, 0.25) is 0 Å². The van der Waals surface area contributed by atoms with Crippen molar-refractivity contribution in [2.75, 3.05) is 0 Å². The fraction of sp³-hybridized carbons (Fsp3) is 0. The van der Waals surface area contributed by atoms with E-state index in [1.54, 1.807) is 0 Å². The molecule has 63 valence electrons. The molecule has 0 aromatic rings. The third-order valence-electron chi connectivity index (χ3n) is 0. The van der Waals surface area contributed by atoms with Crippen molar-refractivity contribution >= 4 is 89.1 Å². The Morgan fingerprint density at radius 1 is 1.11 bits per heavy atom. The summed E-state index contributed by atoms with van der Waals surface area (Å²) in [6.45, 7) is 0. The van der Waals surface area contributed by atoms with Gasteiger partial charge in [0.05, 0.1) is 0 Å². The van der Waals surface area contributed by atoms with Crippen LogP contribution in [0.3, 0.4) is 0 Å². The second-order valence-corrected chi connectivity index (χ2v) is 18.0. The van der Waals surface area contributed by atoms with Gasteiger partial charge in [0.25, 0.3) is 0 Å². The Balaban J connectivity index is -0.0000000600. The van der Waals surface area contributed by atoms with Crippen LogP contribution in [-0.2, 0) is 32.9 Å². The van der Waals surface area contributed by atoms with Gasteiger partial charge in [-0.3, -0.25) is 0 Å². The Labute approximate surface area is 119 Å². The molecule has 0 saturated heterocycles. The van der Waals surface area contributed by atoms with E-state index in [-0.39, 0.29) is 13.1 Å². The van der Waals surface area contributed by atoms with Gasteiger partial charge in [-0.05, 0) is 0 Å². The van der Waals surface area contributed by atoms with Gasteiger partial charge in [0.2, 0.25) is 0 Å². The molecule has 0 aromatic carbocycles. The van der Waals surface area contributed by atoms with Gasteiger partial charge in [0.1, 0.15) is 0 Å². The number of halogens is 6. The number of rotatable bonds is 0. The number of hydrogen-bond acceptors (Lipinski definition) is 0. The molecule has 0 aliphatic heterocycles. The third-order valence-corrected chi connectivity index (χ3v) is 0. The molecule has 0 fully saturated rings. The zero-order valence-corrected chi connectivity index (χ0v) is 15.9. The van der Waals surface area contributed by atoms with Crippen LogP contribution in [-0.4, -0.2) is 0 Å². The summed E-state index contributed by atoms with van der Waals surface area (Å²) in [6, 6.07) is 0. The van der Waals surface area contributed by atoms with Crippen LogP contribution in [0.1, 0.15) is 0 Å². The summed E-state index contributed by atoms with van der Waals surface area (Å²) >= 11 is 11.5. The first kappa shape index (κ1) is 19.2. The normalized spacial score (nSPS) is 6.00. The summed E-state index contributed by atoms with van der Waals surface area (Å²) < 4.78 is 0. The predicted octanol–water partition coefficient (Wildman–Crippen LogP) is 4.83. The Morgan fingerprint density at radius 2 is 1.11 bits per heavy atom. The van der Waals surface area contributed by atoms with Crippen molar-refractivity contribution in [2.45, 2.75) is 0 Å². The van der Waals surface area contributed by atoms with Gasteiger partial charge in [-0.15, -0.1) is 0 Å². The van der Waals surface area contributed by atoms with E-state index in [9.17, 15) is 0 Å². The first-order chi connectivity index (χ1) is 4.24. The SMILES string of the molecule is [Br][Mn][Br].[Cl][Mn][Cl].[I][Mn][I]. The minimum atomic E-state index is 0.00694. The van der Waals surface area contributed by atoms with Gasteiger partial charge in [-0.1, -0.05) is 0 Å². The van der Waals surface area contributed by atoms with Crippen LogP contribution in [0.15, 0.2) is 0 Å². The van der Waals surface area contributed by atoms with E-state index >= 15 is 0 Å². The van der Waals surface area contributed by atoms with E-state index in [0.29, 0.717) is 11.3 Å². The minimum absolute atomic E-state index is 0.00694. The van der Waals surface area contributed by atoms with E-state index in [1.165, 1.54) is 0 Å². The van der Waals surface area contributed by atoms with Crippen LogP contribution >= 0.6 is 89.1 Å². The molecule has 0 rings (SSSR count). The van der Waals surface area contributed by atoms with Crippen LogP contribution in [0, 0.1) is 0 Å². The summed E-state index contributed by atoms with van der Waals surface area (Å²) in [5.74, 6) is 0. The van der Waals surface area contributed by atoms with Gasteiger partial charge in [-0.2, -0.15) is 0 Å². The van der Waals surface area contributed by atoms with Crippen LogP contribution in [0.25, 0.3) is 0 Å². The zero-order valence-electron chi connectivity index (χ0n) is 3.40. The molecule has 9 heteroatoms. The molecule has 0 aromatic heterocycles. The standard InChI is InChI=1S/2BrH.2ClH.2HI.3Mn/h6*1H;;;/q;;;;;;3*+2/p-6. The summed E-state index contributed by atoms with van der Waals surface area (Å²) in [4.78, 5) is 0. The van der Waals surface area contributed by atoms with E-state index < -0.39 is 0 Å². The molecule has 0 aliphatic carbocycles. The van der Waals surface area contributed by atoms with Crippen LogP contribution in [0.4, 0.5) is 0 Å². The van der Waals surface area contributed by atoms with Gasteiger partial charge in [0, 0.05) is 0 Å². The molecule has 0 radical (unpaired) electrons. The molecule has 0 aliphatic rings. The van der Waals surface area contributed by atoms with Crippen molar-refractivity contribution in [1.82, 2.24) is 0 Å². The summed E-state index contributed by atoms with van der Waals surface area (Å²) in [5, 5.41) is 0. The Bertz CT molecular complexity index is 22.5. The monoisotopic (exact) mass is 646 g/mol. The quantitative estimate of drug-likeness (QED) is 0.261. The van der Waals surface area contributed by atoms with Crippen LogP contribution in [0.5, 0.6) is 0 Å².